The van der Waals surface area contributed by atoms with E-state index >= 15 is 0 Å². The van der Waals surface area contributed by atoms with E-state index in [1.54, 1.807) is 30.1 Å². The SMILES string of the molecule is COc1cccc(C(Oc2ccc3c(cnn3-c3ccc(F)cc3)c2)C(C)NC(=O)c2ccc(S(C)(=O)=O)s2)c1. The number of aromatic nitrogens is 2. The van der Waals surface area contributed by atoms with Gasteiger partial charge in [0.2, 0.25) is 0 Å². The summed E-state index contributed by atoms with van der Waals surface area (Å²) in [6, 6.07) is 21.4. The van der Waals surface area contributed by atoms with Crippen molar-refractivity contribution < 1.29 is 27.1 Å². The van der Waals surface area contributed by atoms with Crippen LogP contribution in [0.25, 0.3) is 16.6 Å². The molecule has 0 radical (unpaired) electrons. The topological polar surface area (TPSA) is 99.5 Å². The fourth-order valence-electron chi connectivity index (χ4n) is 4.29. The summed E-state index contributed by atoms with van der Waals surface area (Å²) >= 11 is 0.919. The third kappa shape index (κ3) is 5.85. The van der Waals surface area contributed by atoms with Gasteiger partial charge in [-0.2, -0.15) is 5.10 Å². The highest BCUT2D eigenvalue weighted by Gasteiger charge is 2.26. The van der Waals surface area contributed by atoms with E-state index in [9.17, 15) is 17.6 Å². The molecule has 8 nitrogen and oxygen atoms in total. The van der Waals surface area contributed by atoms with Crippen LogP contribution < -0.4 is 14.8 Å². The number of nitrogens with one attached hydrogen (secondary N) is 1. The van der Waals surface area contributed by atoms with E-state index in [1.165, 1.54) is 24.3 Å². The van der Waals surface area contributed by atoms with Crippen molar-refractivity contribution in [3.8, 4) is 17.2 Å². The zero-order valence-electron chi connectivity index (χ0n) is 21.9. The fourth-order valence-corrected chi connectivity index (χ4v) is 6.12. The van der Waals surface area contributed by atoms with Crippen molar-refractivity contribution in [1.82, 2.24) is 15.1 Å². The number of carbonyl (C=O) groups is 1. The van der Waals surface area contributed by atoms with Crippen molar-refractivity contribution in [3.63, 3.8) is 0 Å². The zero-order chi connectivity index (χ0) is 28.4. The maximum absolute atomic E-state index is 13.4. The lowest BCUT2D eigenvalue weighted by atomic mass is 10.0. The number of methoxy groups -OCH3 is 1. The van der Waals surface area contributed by atoms with Gasteiger partial charge in [0.1, 0.15) is 27.6 Å². The standard InChI is InChI=1S/C29H26FN3O5S2/c1-18(32-29(34)26-13-14-27(39-26)40(3,35)36)28(19-5-4-6-23(15-19)37-2)38-24-11-12-25-20(16-24)17-31-33(25)22-9-7-21(30)8-10-22/h4-18,28H,1-3H3,(H,32,34). The number of carbonyl (C=O) groups excluding carboxylic acids is 1. The number of hydrogen-bond acceptors (Lipinski definition) is 7. The van der Waals surface area contributed by atoms with Crippen molar-refractivity contribution in [2.45, 2.75) is 23.3 Å². The van der Waals surface area contributed by atoms with E-state index in [2.05, 4.69) is 10.4 Å². The summed E-state index contributed by atoms with van der Waals surface area (Å²) in [5.74, 6) is 0.461. The van der Waals surface area contributed by atoms with Gasteiger partial charge in [0.25, 0.3) is 5.91 Å². The van der Waals surface area contributed by atoms with Gasteiger partial charge in [0.05, 0.1) is 35.4 Å². The number of rotatable bonds is 9. The van der Waals surface area contributed by atoms with E-state index in [0.717, 1.165) is 39.7 Å². The quantitative estimate of drug-likeness (QED) is 0.245. The van der Waals surface area contributed by atoms with Crippen LogP contribution in [-0.2, 0) is 9.84 Å². The van der Waals surface area contributed by atoms with E-state index in [-0.39, 0.29) is 14.9 Å². The van der Waals surface area contributed by atoms with Gasteiger partial charge < -0.3 is 14.8 Å². The predicted molar refractivity (Wildman–Crippen MR) is 152 cm³/mol. The fraction of sp³-hybridized carbons (Fsp3) is 0.172. The van der Waals surface area contributed by atoms with Crippen molar-refractivity contribution in [1.29, 1.82) is 0 Å². The molecule has 11 heteroatoms. The summed E-state index contributed by atoms with van der Waals surface area (Å²) in [5, 5.41) is 8.21. The van der Waals surface area contributed by atoms with E-state index < -0.39 is 27.9 Å². The Morgan fingerprint density at radius 2 is 1.80 bits per heavy atom. The largest absolute Gasteiger partial charge is 0.497 e. The Morgan fingerprint density at radius 3 is 2.50 bits per heavy atom. The number of benzene rings is 3. The Labute approximate surface area is 234 Å². The molecule has 2 atom stereocenters. The van der Waals surface area contributed by atoms with Crippen LogP contribution in [0.15, 0.2) is 89.3 Å². The number of halogens is 1. The molecule has 0 aliphatic rings. The van der Waals surface area contributed by atoms with Crippen LogP contribution in [0.4, 0.5) is 4.39 Å². The molecule has 1 N–H and O–H groups in total. The number of sulfone groups is 1. The molecule has 40 heavy (non-hydrogen) atoms. The average molecular weight is 580 g/mol. The van der Waals surface area contributed by atoms with E-state index in [1.807, 2.05) is 49.4 Å². The molecular weight excluding hydrogens is 553 g/mol. The number of fused-ring (bicyclic) bond motifs is 1. The molecule has 2 aromatic heterocycles. The number of nitrogens with zero attached hydrogens (tertiary/aromatic N) is 2. The molecule has 206 valence electrons. The first-order valence-electron chi connectivity index (χ1n) is 12.3. The number of amides is 1. The molecule has 0 aliphatic heterocycles. The second-order valence-electron chi connectivity index (χ2n) is 9.22. The summed E-state index contributed by atoms with van der Waals surface area (Å²) in [7, 11) is -1.84. The van der Waals surface area contributed by atoms with Crippen molar-refractivity contribution >= 4 is 38.0 Å². The molecule has 0 bridgehead atoms. The van der Waals surface area contributed by atoms with Gasteiger partial charge in [-0.15, -0.1) is 11.3 Å². The van der Waals surface area contributed by atoms with Gasteiger partial charge in [0, 0.05) is 11.6 Å². The molecule has 3 aromatic carbocycles. The summed E-state index contributed by atoms with van der Waals surface area (Å²) in [4.78, 5) is 13.3. The van der Waals surface area contributed by atoms with Gasteiger partial charge >= 0.3 is 0 Å². The summed E-state index contributed by atoms with van der Waals surface area (Å²) in [6.07, 6.45) is 2.20. The van der Waals surface area contributed by atoms with Gasteiger partial charge in [-0.1, -0.05) is 12.1 Å². The molecule has 0 aliphatic carbocycles. The zero-order valence-corrected chi connectivity index (χ0v) is 23.5. The average Bonchev–Trinajstić information content (AvgIpc) is 3.60. The number of thiophene rings is 1. The van der Waals surface area contributed by atoms with Gasteiger partial charge in [0.15, 0.2) is 9.84 Å². The minimum absolute atomic E-state index is 0.125. The smallest absolute Gasteiger partial charge is 0.261 e. The molecule has 0 fully saturated rings. The third-order valence-corrected chi connectivity index (χ3v) is 9.18. The molecule has 5 rings (SSSR count). The van der Waals surface area contributed by atoms with Crippen LogP contribution in [-0.4, -0.2) is 43.5 Å². The van der Waals surface area contributed by atoms with Crippen LogP contribution in [0.1, 0.15) is 28.3 Å². The molecular formula is C29H26FN3O5S2. The maximum atomic E-state index is 13.4. The minimum atomic E-state index is -3.41. The van der Waals surface area contributed by atoms with Crippen LogP contribution in [0.5, 0.6) is 11.5 Å². The first kappa shape index (κ1) is 27.4. The highest BCUT2D eigenvalue weighted by Crippen LogP contribution is 2.31. The summed E-state index contributed by atoms with van der Waals surface area (Å²) in [6.45, 7) is 1.82. The van der Waals surface area contributed by atoms with Gasteiger partial charge in [-0.25, -0.2) is 17.5 Å². The molecule has 1 amide bonds. The van der Waals surface area contributed by atoms with Crippen molar-refractivity contribution in [2.24, 2.45) is 0 Å². The normalized spacial score (nSPS) is 13.1. The molecule has 0 saturated carbocycles. The first-order chi connectivity index (χ1) is 19.1. The van der Waals surface area contributed by atoms with Crippen LogP contribution in [0.3, 0.4) is 0 Å². The Balaban J connectivity index is 1.43. The lowest BCUT2D eigenvalue weighted by Gasteiger charge is -2.27. The van der Waals surface area contributed by atoms with Crippen LogP contribution in [0, 0.1) is 5.82 Å². The number of ether oxygens (including phenoxy) is 2. The van der Waals surface area contributed by atoms with Crippen molar-refractivity contribution in [2.75, 3.05) is 13.4 Å². The monoisotopic (exact) mass is 579 g/mol. The van der Waals surface area contributed by atoms with Gasteiger partial charge in [-0.05, 0) is 79.2 Å². The maximum Gasteiger partial charge on any atom is 0.261 e. The number of hydrogen-bond donors (Lipinski definition) is 1. The summed E-state index contributed by atoms with van der Waals surface area (Å²) < 4.78 is 50.8. The van der Waals surface area contributed by atoms with Crippen molar-refractivity contribution in [3.05, 3.63) is 101 Å². The molecule has 2 unspecified atom stereocenters. The van der Waals surface area contributed by atoms with E-state index in [4.69, 9.17) is 9.47 Å². The first-order valence-corrected chi connectivity index (χ1v) is 15.0. The molecule has 2 heterocycles. The molecule has 0 saturated heterocycles. The lowest BCUT2D eigenvalue weighted by Crippen LogP contribution is -2.39. The Hall–Kier alpha value is -4.22. The Kier molecular flexibility index (Phi) is 7.59. The Bertz CT molecular complexity index is 1780. The second-order valence-corrected chi connectivity index (χ2v) is 12.5. The second kappa shape index (κ2) is 11.1. The lowest BCUT2D eigenvalue weighted by molar-refractivity contribution is 0.0886. The van der Waals surface area contributed by atoms with E-state index in [0.29, 0.717) is 11.5 Å². The van der Waals surface area contributed by atoms with Gasteiger partial charge in [-0.3, -0.25) is 4.79 Å². The van der Waals surface area contributed by atoms with Crippen LogP contribution >= 0.6 is 11.3 Å². The third-order valence-electron chi connectivity index (χ3n) is 6.28. The highest BCUT2D eigenvalue weighted by atomic mass is 32.2. The highest BCUT2D eigenvalue weighted by molar-refractivity contribution is 7.92. The van der Waals surface area contributed by atoms with Crippen LogP contribution in [0.2, 0.25) is 0 Å². The molecule has 5 aromatic rings. The summed E-state index contributed by atoms with van der Waals surface area (Å²) in [5.41, 5.74) is 2.32. The Morgan fingerprint density at radius 1 is 1.02 bits per heavy atom. The predicted octanol–water partition coefficient (Wildman–Crippen LogP) is 5.58. The molecule has 0 spiro atoms. The minimum Gasteiger partial charge on any atom is -0.497 e.